The molecule has 5 rings (SSSR count). The van der Waals surface area contributed by atoms with Gasteiger partial charge in [0.1, 0.15) is 5.82 Å². The fourth-order valence-electron chi connectivity index (χ4n) is 4.81. The van der Waals surface area contributed by atoms with Crippen LogP contribution in [0.5, 0.6) is 0 Å². The van der Waals surface area contributed by atoms with E-state index in [1.54, 1.807) is 19.0 Å². The van der Waals surface area contributed by atoms with Gasteiger partial charge >= 0.3 is 0 Å². The molecule has 1 amide bonds. The molecule has 0 spiro atoms. The van der Waals surface area contributed by atoms with E-state index in [0.717, 1.165) is 68.5 Å². The zero-order valence-electron chi connectivity index (χ0n) is 19.4. The Hall–Kier alpha value is -2.74. The molecule has 33 heavy (non-hydrogen) atoms. The van der Waals surface area contributed by atoms with Gasteiger partial charge in [0.25, 0.3) is 0 Å². The zero-order chi connectivity index (χ0) is 22.8. The van der Waals surface area contributed by atoms with Crippen LogP contribution < -0.4 is 10.2 Å². The number of carbonyl (C=O) groups is 1. The van der Waals surface area contributed by atoms with Crippen LogP contribution in [0.3, 0.4) is 0 Å². The minimum absolute atomic E-state index is 0.165. The topological polar surface area (TPSA) is 77.2 Å². The molecular weight excluding hydrogens is 432 g/mol. The minimum atomic E-state index is 0.165. The van der Waals surface area contributed by atoms with Crippen LogP contribution in [0, 0.1) is 0 Å². The molecule has 0 radical (unpaired) electrons. The molecule has 1 fully saturated rings. The van der Waals surface area contributed by atoms with Gasteiger partial charge in [-0.15, -0.1) is 11.8 Å². The summed E-state index contributed by atoms with van der Waals surface area (Å²) in [6.07, 6.45) is 6.74. The number of carbonyl (C=O) groups excluding carboxylic acids is 1. The molecule has 174 valence electrons. The van der Waals surface area contributed by atoms with Crippen LogP contribution in [0.25, 0.3) is 10.9 Å². The molecule has 2 N–H and O–H groups in total. The van der Waals surface area contributed by atoms with E-state index in [2.05, 4.69) is 45.7 Å². The van der Waals surface area contributed by atoms with Gasteiger partial charge in [0.15, 0.2) is 0 Å². The minimum Gasteiger partial charge on any atom is -0.369 e. The van der Waals surface area contributed by atoms with Crippen molar-refractivity contribution in [3.8, 4) is 0 Å². The van der Waals surface area contributed by atoms with Crippen molar-refractivity contribution in [1.29, 1.82) is 0 Å². The van der Waals surface area contributed by atoms with Crippen LogP contribution in [0.1, 0.15) is 42.9 Å². The summed E-state index contributed by atoms with van der Waals surface area (Å²) < 4.78 is 0. The van der Waals surface area contributed by atoms with Crippen LogP contribution in [-0.4, -0.2) is 65.2 Å². The maximum absolute atomic E-state index is 11.8. The third-order valence-corrected chi connectivity index (χ3v) is 7.83. The van der Waals surface area contributed by atoms with Crippen molar-refractivity contribution in [3.05, 3.63) is 41.7 Å². The maximum atomic E-state index is 11.8. The number of H-pyrrole nitrogens is 1. The first-order valence-corrected chi connectivity index (χ1v) is 12.9. The summed E-state index contributed by atoms with van der Waals surface area (Å²) in [5.41, 5.74) is 3.82. The highest BCUT2D eigenvalue weighted by Gasteiger charge is 2.27. The fraction of sp³-hybridized carbons (Fsp3) is 0.480. The number of aromatic amines is 1. The third kappa shape index (κ3) is 4.67. The molecule has 1 aromatic carbocycles. The number of nitrogens with one attached hydrogen (secondary N) is 2. The van der Waals surface area contributed by atoms with Crippen molar-refractivity contribution in [3.63, 3.8) is 0 Å². The van der Waals surface area contributed by atoms with E-state index in [1.807, 2.05) is 11.8 Å². The number of rotatable bonds is 7. The van der Waals surface area contributed by atoms with Crippen molar-refractivity contribution in [2.75, 3.05) is 49.7 Å². The summed E-state index contributed by atoms with van der Waals surface area (Å²) in [6.45, 7) is 2.67. The van der Waals surface area contributed by atoms with Gasteiger partial charge in [-0.25, -0.2) is 4.98 Å². The summed E-state index contributed by atoms with van der Waals surface area (Å²) in [5, 5.41) is 4.84. The number of para-hydroxylation sites is 1. The first-order valence-electron chi connectivity index (χ1n) is 11.9. The summed E-state index contributed by atoms with van der Waals surface area (Å²) >= 11 is 1.83. The highest BCUT2D eigenvalue weighted by atomic mass is 32.2. The lowest BCUT2D eigenvalue weighted by atomic mass is 9.89. The van der Waals surface area contributed by atoms with E-state index in [0.29, 0.717) is 12.3 Å². The van der Waals surface area contributed by atoms with Crippen molar-refractivity contribution in [1.82, 2.24) is 19.9 Å². The van der Waals surface area contributed by atoms with Gasteiger partial charge in [-0.2, -0.15) is 4.98 Å². The molecule has 4 heterocycles. The summed E-state index contributed by atoms with van der Waals surface area (Å²) in [5.74, 6) is 3.57. The van der Waals surface area contributed by atoms with Crippen LogP contribution in [-0.2, 0) is 11.2 Å². The van der Waals surface area contributed by atoms with E-state index < -0.39 is 0 Å². The average molecular weight is 465 g/mol. The average Bonchev–Trinajstić information content (AvgIpc) is 3.48. The van der Waals surface area contributed by atoms with E-state index in [1.165, 1.54) is 21.4 Å². The highest BCUT2D eigenvalue weighted by molar-refractivity contribution is 7.99. The second-order valence-electron chi connectivity index (χ2n) is 9.12. The normalized spacial score (nSPS) is 16.2. The number of aromatic nitrogens is 3. The molecule has 0 unspecified atom stereocenters. The Balaban J connectivity index is 1.25. The Morgan fingerprint density at radius 3 is 2.88 bits per heavy atom. The molecule has 0 saturated carbocycles. The maximum Gasteiger partial charge on any atom is 0.227 e. The lowest BCUT2D eigenvalue weighted by Gasteiger charge is -2.32. The Labute approximate surface area is 199 Å². The molecule has 2 aliphatic heterocycles. The fourth-order valence-corrected chi connectivity index (χ4v) is 5.88. The van der Waals surface area contributed by atoms with Crippen molar-refractivity contribution in [2.24, 2.45) is 0 Å². The first kappa shape index (κ1) is 22.1. The van der Waals surface area contributed by atoms with Crippen molar-refractivity contribution in [2.45, 2.75) is 42.9 Å². The van der Waals surface area contributed by atoms with Crippen LogP contribution in [0.2, 0.25) is 0 Å². The van der Waals surface area contributed by atoms with Crippen LogP contribution >= 0.6 is 11.8 Å². The molecule has 0 atom stereocenters. The quantitative estimate of drug-likeness (QED) is 0.509. The van der Waals surface area contributed by atoms with Gasteiger partial charge in [0.05, 0.1) is 10.6 Å². The number of anilines is 2. The number of fused-ring (bicyclic) bond motifs is 2. The van der Waals surface area contributed by atoms with E-state index in [4.69, 9.17) is 9.97 Å². The molecule has 7 nitrogen and oxygen atoms in total. The molecule has 0 aliphatic carbocycles. The second-order valence-corrected chi connectivity index (χ2v) is 10.2. The number of thioether (sulfide) groups is 1. The predicted molar refractivity (Wildman–Crippen MR) is 135 cm³/mol. The zero-order valence-corrected chi connectivity index (χ0v) is 20.2. The summed E-state index contributed by atoms with van der Waals surface area (Å²) in [7, 11) is 3.61. The number of hydrogen-bond donors (Lipinski definition) is 2. The van der Waals surface area contributed by atoms with Gasteiger partial charge in [0.2, 0.25) is 11.9 Å². The SMILES string of the molecule is CN(C)C(=O)CCCNc1nc(N2CCC(c3c[nH]c4ccccc34)CC2)nc2c1SCC2. The molecule has 1 saturated heterocycles. The third-order valence-electron chi connectivity index (χ3n) is 6.71. The van der Waals surface area contributed by atoms with Gasteiger partial charge in [-0.05, 0) is 36.8 Å². The monoisotopic (exact) mass is 464 g/mol. The molecule has 0 bridgehead atoms. The molecular formula is C25H32N6OS. The van der Waals surface area contributed by atoms with E-state index in [9.17, 15) is 4.79 Å². The summed E-state index contributed by atoms with van der Waals surface area (Å²) in [6, 6.07) is 8.57. The smallest absolute Gasteiger partial charge is 0.227 e. The number of hydrogen-bond acceptors (Lipinski definition) is 6. The lowest BCUT2D eigenvalue weighted by Crippen LogP contribution is -2.34. The lowest BCUT2D eigenvalue weighted by molar-refractivity contribution is -0.128. The van der Waals surface area contributed by atoms with Crippen molar-refractivity contribution >= 4 is 40.3 Å². The summed E-state index contributed by atoms with van der Waals surface area (Å²) in [4.78, 5) is 30.3. The Bertz CT molecular complexity index is 1140. The van der Waals surface area contributed by atoms with Crippen LogP contribution in [0.4, 0.5) is 11.8 Å². The molecule has 2 aromatic heterocycles. The second kappa shape index (κ2) is 9.63. The largest absolute Gasteiger partial charge is 0.369 e. The van der Waals surface area contributed by atoms with Gasteiger partial charge in [-0.3, -0.25) is 4.79 Å². The van der Waals surface area contributed by atoms with E-state index in [-0.39, 0.29) is 5.91 Å². The van der Waals surface area contributed by atoms with Crippen LogP contribution in [0.15, 0.2) is 35.4 Å². The van der Waals surface area contributed by atoms with Gasteiger partial charge in [0, 0.05) is 69.4 Å². The van der Waals surface area contributed by atoms with Gasteiger partial charge in [-0.1, -0.05) is 18.2 Å². The predicted octanol–water partition coefficient (Wildman–Crippen LogP) is 4.27. The molecule has 8 heteroatoms. The molecule has 3 aromatic rings. The van der Waals surface area contributed by atoms with Gasteiger partial charge < -0.3 is 20.1 Å². The van der Waals surface area contributed by atoms with Crippen molar-refractivity contribution < 1.29 is 4.79 Å². The number of piperidine rings is 1. The number of aryl methyl sites for hydroxylation is 1. The number of benzene rings is 1. The first-order chi connectivity index (χ1) is 16.1. The number of amides is 1. The highest BCUT2D eigenvalue weighted by Crippen LogP contribution is 2.38. The molecule has 2 aliphatic rings. The van der Waals surface area contributed by atoms with E-state index >= 15 is 0 Å². The Morgan fingerprint density at radius 2 is 2.06 bits per heavy atom. The standard InChI is InChI=1S/C25H32N6OS/c1-30(2)22(32)8-5-12-26-24-23-21(11-15-33-23)28-25(29-24)31-13-9-17(10-14-31)19-16-27-20-7-4-3-6-18(19)20/h3-4,6-7,16-17,27H,5,8-15H2,1-2H3,(H,26,28,29). The Kier molecular flexibility index (Phi) is 6.44. The Morgan fingerprint density at radius 1 is 1.24 bits per heavy atom. The number of nitrogens with zero attached hydrogens (tertiary/aromatic N) is 4.